The second kappa shape index (κ2) is 7.17. The van der Waals surface area contributed by atoms with Crippen molar-refractivity contribution in [1.29, 1.82) is 0 Å². The zero-order valence-corrected chi connectivity index (χ0v) is 16.0. The Balaban J connectivity index is 1.95. The zero-order valence-electron chi connectivity index (χ0n) is 14.5. The van der Waals surface area contributed by atoms with Gasteiger partial charge in [0, 0.05) is 25.2 Å². The number of amides is 1. The topological polar surface area (TPSA) is 75.7 Å². The van der Waals surface area contributed by atoms with Gasteiger partial charge in [-0.1, -0.05) is 11.6 Å². The van der Waals surface area contributed by atoms with E-state index in [1.807, 2.05) is 0 Å². The number of ether oxygens (including phenoxy) is 1. The molecule has 0 spiro atoms. The number of hydrogen-bond donors (Lipinski definition) is 1. The highest BCUT2D eigenvalue weighted by molar-refractivity contribution is 7.92. The molecular weight excluding hydrogens is 376 g/mol. The summed E-state index contributed by atoms with van der Waals surface area (Å²) in [7, 11) is -2.33. The Kier molecular flexibility index (Phi) is 5.11. The first kappa shape index (κ1) is 18.5. The van der Waals surface area contributed by atoms with E-state index in [4.69, 9.17) is 16.3 Å². The highest BCUT2D eigenvalue weighted by Gasteiger charge is 2.23. The van der Waals surface area contributed by atoms with Crippen LogP contribution in [0.3, 0.4) is 0 Å². The van der Waals surface area contributed by atoms with Gasteiger partial charge < -0.3 is 9.64 Å². The lowest BCUT2D eigenvalue weighted by Crippen LogP contribution is -2.33. The van der Waals surface area contributed by atoms with Crippen LogP contribution in [-0.4, -0.2) is 28.0 Å². The maximum atomic E-state index is 12.8. The number of nitrogens with one attached hydrogen (secondary N) is 1. The SMILES string of the molecule is COc1ccc(Cl)c(NS(=O)(=O)c2ccc3c(c2)CCCN3C(C)=O)c1. The largest absolute Gasteiger partial charge is 0.497 e. The molecule has 6 nitrogen and oxygen atoms in total. The summed E-state index contributed by atoms with van der Waals surface area (Å²) >= 11 is 6.09. The van der Waals surface area contributed by atoms with Crippen LogP contribution < -0.4 is 14.4 Å². The summed E-state index contributed by atoms with van der Waals surface area (Å²) in [6, 6.07) is 9.52. The van der Waals surface area contributed by atoms with Gasteiger partial charge in [0.25, 0.3) is 10.0 Å². The lowest BCUT2D eigenvalue weighted by Gasteiger charge is -2.28. The van der Waals surface area contributed by atoms with Gasteiger partial charge in [0.2, 0.25) is 5.91 Å². The minimum absolute atomic E-state index is 0.0529. The standard InChI is InChI=1S/C18H19ClN2O4S/c1-12(22)21-9-3-4-13-10-15(6-8-18(13)21)26(23,24)20-17-11-14(25-2)5-7-16(17)19/h5-8,10-11,20H,3-4,9H2,1-2H3. The number of benzene rings is 2. The average Bonchev–Trinajstić information content (AvgIpc) is 2.62. The van der Waals surface area contributed by atoms with Crippen molar-refractivity contribution < 1.29 is 17.9 Å². The van der Waals surface area contributed by atoms with Crippen LogP contribution in [0.15, 0.2) is 41.3 Å². The second-order valence-corrected chi connectivity index (χ2v) is 8.11. The van der Waals surface area contributed by atoms with Crippen molar-refractivity contribution in [2.24, 2.45) is 0 Å². The molecule has 3 rings (SSSR count). The van der Waals surface area contributed by atoms with Crippen molar-refractivity contribution in [3.63, 3.8) is 0 Å². The van der Waals surface area contributed by atoms with Crippen LogP contribution in [0.1, 0.15) is 18.9 Å². The van der Waals surface area contributed by atoms with E-state index in [2.05, 4.69) is 4.72 Å². The highest BCUT2D eigenvalue weighted by atomic mass is 35.5. The predicted molar refractivity (Wildman–Crippen MR) is 102 cm³/mol. The molecule has 0 unspecified atom stereocenters. The van der Waals surface area contributed by atoms with Gasteiger partial charge in [0.15, 0.2) is 0 Å². The van der Waals surface area contributed by atoms with E-state index < -0.39 is 10.0 Å². The number of sulfonamides is 1. The quantitative estimate of drug-likeness (QED) is 0.861. The Morgan fingerprint density at radius 2 is 2.00 bits per heavy atom. The zero-order chi connectivity index (χ0) is 18.9. The Morgan fingerprint density at radius 3 is 2.69 bits per heavy atom. The minimum Gasteiger partial charge on any atom is -0.497 e. The van der Waals surface area contributed by atoms with Crippen LogP contribution in [0, 0.1) is 0 Å². The number of anilines is 2. The molecule has 0 aromatic heterocycles. The number of carbonyl (C=O) groups is 1. The summed E-state index contributed by atoms with van der Waals surface area (Å²) < 4.78 is 33.1. The number of halogens is 1. The van der Waals surface area contributed by atoms with Crippen LogP contribution in [0.2, 0.25) is 5.02 Å². The molecular formula is C18H19ClN2O4S. The summed E-state index contributed by atoms with van der Waals surface area (Å²) in [6.07, 6.45) is 1.52. The molecule has 138 valence electrons. The number of carbonyl (C=O) groups excluding carboxylic acids is 1. The van der Waals surface area contributed by atoms with E-state index in [1.54, 1.807) is 29.2 Å². The van der Waals surface area contributed by atoms with Crippen LogP contribution in [0.25, 0.3) is 0 Å². The molecule has 0 atom stereocenters. The summed E-state index contributed by atoms with van der Waals surface area (Å²) in [4.78, 5) is 13.5. The van der Waals surface area contributed by atoms with E-state index in [-0.39, 0.29) is 21.5 Å². The molecule has 1 aliphatic heterocycles. The number of fused-ring (bicyclic) bond motifs is 1. The Labute approximate surface area is 157 Å². The monoisotopic (exact) mass is 394 g/mol. The molecule has 1 amide bonds. The van der Waals surface area contributed by atoms with Crippen molar-refractivity contribution in [2.75, 3.05) is 23.3 Å². The predicted octanol–water partition coefficient (Wildman–Crippen LogP) is 3.45. The first-order chi connectivity index (χ1) is 12.3. The molecule has 1 heterocycles. The van der Waals surface area contributed by atoms with Crippen LogP contribution in [0.4, 0.5) is 11.4 Å². The molecule has 2 aromatic carbocycles. The molecule has 8 heteroatoms. The first-order valence-electron chi connectivity index (χ1n) is 8.09. The van der Waals surface area contributed by atoms with Gasteiger partial charge in [-0.25, -0.2) is 8.42 Å². The number of hydrogen-bond acceptors (Lipinski definition) is 4. The van der Waals surface area contributed by atoms with E-state index in [1.165, 1.54) is 26.2 Å². The number of methoxy groups -OCH3 is 1. The summed E-state index contributed by atoms with van der Waals surface area (Å²) in [6.45, 7) is 2.15. The van der Waals surface area contributed by atoms with Crippen LogP contribution in [0.5, 0.6) is 5.75 Å². The number of aryl methyl sites for hydroxylation is 1. The molecule has 0 saturated carbocycles. The van der Waals surface area contributed by atoms with Gasteiger partial charge >= 0.3 is 0 Å². The summed E-state index contributed by atoms with van der Waals surface area (Å²) in [5, 5.41) is 0.273. The van der Waals surface area contributed by atoms with Gasteiger partial charge in [-0.3, -0.25) is 9.52 Å². The second-order valence-electron chi connectivity index (χ2n) is 6.02. The Morgan fingerprint density at radius 1 is 1.23 bits per heavy atom. The van der Waals surface area contributed by atoms with E-state index in [0.717, 1.165) is 24.1 Å². The van der Waals surface area contributed by atoms with E-state index in [0.29, 0.717) is 12.3 Å². The van der Waals surface area contributed by atoms with Crippen LogP contribution in [-0.2, 0) is 21.2 Å². The smallest absolute Gasteiger partial charge is 0.261 e. The van der Waals surface area contributed by atoms with Gasteiger partial charge in [-0.15, -0.1) is 0 Å². The van der Waals surface area contributed by atoms with Gasteiger partial charge in [-0.05, 0) is 48.7 Å². The van der Waals surface area contributed by atoms with Gasteiger partial charge in [0.1, 0.15) is 5.75 Å². The van der Waals surface area contributed by atoms with Crippen molar-refractivity contribution in [3.8, 4) is 5.75 Å². The number of nitrogens with zero attached hydrogens (tertiary/aromatic N) is 1. The van der Waals surface area contributed by atoms with Crippen molar-refractivity contribution in [1.82, 2.24) is 0 Å². The summed E-state index contributed by atoms with van der Waals surface area (Å²) in [5.74, 6) is 0.442. The fourth-order valence-electron chi connectivity index (χ4n) is 2.98. The lowest BCUT2D eigenvalue weighted by molar-refractivity contribution is -0.116. The molecule has 0 saturated heterocycles. The number of rotatable bonds is 4. The third kappa shape index (κ3) is 3.64. The molecule has 0 aliphatic carbocycles. The highest BCUT2D eigenvalue weighted by Crippen LogP contribution is 2.32. The molecule has 26 heavy (non-hydrogen) atoms. The molecule has 2 aromatic rings. The summed E-state index contributed by atoms with van der Waals surface area (Å²) in [5.41, 5.74) is 1.85. The third-order valence-electron chi connectivity index (χ3n) is 4.28. The molecule has 0 radical (unpaired) electrons. The Hall–Kier alpha value is -2.25. The first-order valence-corrected chi connectivity index (χ1v) is 9.95. The van der Waals surface area contributed by atoms with E-state index >= 15 is 0 Å². The maximum absolute atomic E-state index is 12.8. The molecule has 0 bridgehead atoms. The fourth-order valence-corrected chi connectivity index (χ4v) is 4.32. The van der Waals surface area contributed by atoms with Crippen LogP contribution >= 0.6 is 11.6 Å². The molecule has 1 N–H and O–H groups in total. The van der Waals surface area contributed by atoms with E-state index in [9.17, 15) is 13.2 Å². The maximum Gasteiger partial charge on any atom is 0.261 e. The van der Waals surface area contributed by atoms with Gasteiger partial charge in [-0.2, -0.15) is 0 Å². The minimum atomic E-state index is -3.83. The van der Waals surface area contributed by atoms with Crippen molar-refractivity contribution in [2.45, 2.75) is 24.7 Å². The Bertz CT molecular complexity index is 960. The average molecular weight is 395 g/mol. The molecule has 0 fully saturated rings. The third-order valence-corrected chi connectivity index (χ3v) is 5.97. The fraction of sp³-hybridized carbons (Fsp3) is 0.278. The lowest BCUT2D eigenvalue weighted by atomic mass is 10.0. The normalized spacial score (nSPS) is 13.9. The van der Waals surface area contributed by atoms with Crippen molar-refractivity contribution >= 4 is 38.9 Å². The molecule has 1 aliphatic rings. The van der Waals surface area contributed by atoms with Crippen molar-refractivity contribution in [3.05, 3.63) is 47.0 Å². The van der Waals surface area contributed by atoms with Gasteiger partial charge in [0.05, 0.1) is 22.7 Å².